The molecule has 0 aliphatic rings. The quantitative estimate of drug-likeness (QED) is 0.457. The van der Waals surface area contributed by atoms with Crippen LogP contribution in [0.2, 0.25) is 0 Å². The normalized spacial score (nSPS) is 10.6. The molecular formula is C18H12F2N2O2. The van der Waals surface area contributed by atoms with E-state index in [0.717, 1.165) is 18.3 Å². The molecule has 6 heteroatoms. The molecule has 24 heavy (non-hydrogen) atoms. The third-order valence-electron chi connectivity index (χ3n) is 3.61. The minimum absolute atomic E-state index is 0.0218. The van der Waals surface area contributed by atoms with Crippen molar-refractivity contribution in [1.29, 1.82) is 0 Å². The molecule has 120 valence electrons. The smallest absolute Gasteiger partial charge is 0.247 e. The fraction of sp³-hybridized carbons (Fsp3) is 0. The fourth-order valence-corrected chi connectivity index (χ4v) is 2.45. The first-order chi connectivity index (χ1) is 11.5. The molecule has 0 radical (unpaired) electrons. The van der Waals surface area contributed by atoms with Crippen molar-refractivity contribution in [1.82, 2.24) is 0 Å². The zero-order valence-electron chi connectivity index (χ0n) is 12.4. The van der Waals surface area contributed by atoms with Gasteiger partial charge < -0.3 is 10.9 Å². The van der Waals surface area contributed by atoms with Gasteiger partial charge in [0, 0.05) is 17.7 Å². The van der Waals surface area contributed by atoms with Crippen LogP contribution in [0.3, 0.4) is 0 Å². The van der Waals surface area contributed by atoms with Gasteiger partial charge in [-0.2, -0.15) is 4.73 Å². The molecule has 3 rings (SSSR count). The van der Waals surface area contributed by atoms with E-state index < -0.39 is 17.4 Å². The fourth-order valence-electron chi connectivity index (χ4n) is 2.45. The molecule has 1 heterocycles. The Morgan fingerprint density at radius 3 is 2.38 bits per heavy atom. The van der Waals surface area contributed by atoms with Crippen molar-refractivity contribution in [2.75, 3.05) is 5.73 Å². The van der Waals surface area contributed by atoms with Crippen LogP contribution in [-0.4, -0.2) is 5.78 Å². The number of nitrogen functional groups attached to an aromatic ring is 1. The van der Waals surface area contributed by atoms with Gasteiger partial charge in [0.1, 0.15) is 17.3 Å². The molecule has 4 nitrogen and oxygen atoms in total. The van der Waals surface area contributed by atoms with Gasteiger partial charge in [-0.25, -0.2) is 8.78 Å². The Hall–Kier alpha value is -3.28. The minimum Gasteiger partial charge on any atom is -0.618 e. The predicted molar refractivity (Wildman–Crippen MR) is 85.0 cm³/mol. The predicted octanol–water partition coefficient (Wildman–Crippen LogP) is 3.08. The van der Waals surface area contributed by atoms with E-state index in [2.05, 4.69) is 0 Å². The van der Waals surface area contributed by atoms with Gasteiger partial charge in [0.2, 0.25) is 5.69 Å². The number of hydrogen-bond donors (Lipinski definition) is 1. The first kappa shape index (κ1) is 15.6. The maximum absolute atomic E-state index is 13.9. The monoisotopic (exact) mass is 326 g/mol. The number of nitrogens with zero attached hydrogens (tertiary/aromatic N) is 1. The van der Waals surface area contributed by atoms with Crippen LogP contribution in [0.1, 0.15) is 15.9 Å². The molecular weight excluding hydrogens is 314 g/mol. The Balaban J connectivity index is 2.14. The van der Waals surface area contributed by atoms with Gasteiger partial charge in [-0.1, -0.05) is 18.2 Å². The van der Waals surface area contributed by atoms with Crippen molar-refractivity contribution in [3.05, 3.63) is 88.8 Å². The summed E-state index contributed by atoms with van der Waals surface area (Å²) in [6.45, 7) is 0. The second-order valence-corrected chi connectivity index (χ2v) is 5.14. The topological polar surface area (TPSA) is 70.0 Å². The lowest BCUT2D eigenvalue weighted by atomic mass is 9.99. The number of pyridine rings is 1. The first-order valence-electron chi connectivity index (χ1n) is 7.06. The number of hydrogen-bond acceptors (Lipinski definition) is 3. The van der Waals surface area contributed by atoms with Gasteiger partial charge in [-0.3, -0.25) is 4.79 Å². The lowest BCUT2D eigenvalue weighted by molar-refractivity contribution is -0.593. The van der Waals surface area contributed by atoms with Crippen LogP contribution in [0.15, 0.2) is 60.8 Å². The van der Waals surface area contributed by atoms with Gasteiger partial charge in [0.15, 0.2) is 12.0 Å². The molecule has 0 atom stereocenters. The van der Waals surface area contributed by atoms with Crippen molar-refractivity contribution in [2.45, 2.75) is 0 Å². The number of rotatable bonds is 3. The van der Waals surface area contributed by atoms with Crippen LogP contribution in [0, 0.1) is 16.8 Å². The van der Waals surface area contributed by atoms with E-state index in [9.17, 15) is 18.8 Å². The molecule has 0 bridgehead atoms. The average molecular weight is 326 g/mol. The molecule has 0 fully saturated rings. The number of carbonyl (C=O) groups excluding carboxylic acids is 1. The molecule has 0 spiro atoms. The molecule has 0 aliphatic heterocycles. The largest absolute Gasteiger partial charge is 0.618 e. The van der Waals surface area contributed by atoms with Crippen LogP contribution in [0.5, 0.6) is 0 Å². The number of benzene rings is 2. The molecule has 2 aromatic carbocycles. The maximum Gasteiger partial charge on any atom is 0.247 e. The van der Waals surface area contributed by atoms with Crippen LogP contribution >= 0.6 is 0 Å². The van der Waals surface area contributed by atoms with E-state index in [1.54, 1.807) is 30.3 Å². The second-order valence-electron chi connectivity index (χ2n) is 5.14. The zero-order valence-corrected chi connectivity index (χ0v) is 12.4. The standard InChI is InChI=1S/C18H12F2N2O2/c19-12-6-7-13(15(20)10-12)18(23)14-8-9-22(24)17(16(14)21)11-4-2-1-3-5-11/h1-10H,21H2. The first-order valence-corrected chi connectivity index (χ1v) is 7.06. The molecule has 2 N–H and O–H groups in total. The molecule has 3 aromatic rings. The number of nitrogens with two attached hydrogens (primary N) is 1. The summed E-state index contributed by atoms with van der Waals surface area (Å²) in [5, 5.41) is 12.1. The van der Waals surface area contributed by atoms with E-state index in [4.69, 9.17) is 5.73 Å². The van der Waals surface area contributed by atoms with E-state index in [0.29, 0.717) is 16.4 Å². The Morgan fingerprint density at radius 2 is 1.71 bits per heavy atom. The SMILES string of the molecule is Nc1c(C(=O)c2ccc(F)cc2F)cc[n+]([O-])c1-c1ccccc1. The van der Waals surface area contributed by atoms with Crippen molar-refractivity contribution in [3.8, 4) is 11.3 Å². The highest BCUT2D eigenvalue weighted by Crippen LogP contribution is 2.27. The highest BCUT2D eigenvalue weighted by molar-refractivity contribution is 6.13. The number of ketones is 1. The lowest BCUT2D eigenvalue weighted by Gasteiger charge is -2.11. The molecule has 0 unspecified atom stereocenters. The maximum atomic E-state index is 13.9. The van der Waals surface area contributed by atoms with E-state index >= 15 is 0 Å². The number of aromatic nitrogens is 1. The summed E-state index contributed by atoms with van der Waals surface area (Å²) in [5.74, 6) is -2.49. The summed E-state index contributed by atoms with van der Waals surface area (Å²) in [4.78, 5) is 12.5. The summed E-state index contributed by atoms with van der Waals surface area (Å²) >= 11 is 0. The molecule has 0 saturated carbocycles. The Morgan fingerprint density at radius 1 is 1.00 bits per heavy atom. The van der Waals surface area contributed by atoms with Gasteiger partial charge >= 0.3 is 0 Å². The van der Waals surface area contributed by atoms with Crippen LogP contribution in [-0.2, 0) is 0 Å². The third-order valence-corrected chi connectivity index (χ3v) is 3.61. The van der Waals surface area contributed by atoms with Gasteiger partial charge in [-0.15, -0.1) is 0 Å². The number of carbonyl (C=O) groups is 1. The molecule has 0 saturated heterocycles. The summed E-state index contributed by atoms with van der Waals surface area (Å²) < 4.78 is 27.4. The van der Waals surface area contributed by atoms with E-state index in [1.807, 2.05) is 0 Å². The van der Waals surface area contributed by atoms with Crippen LogP contribution in [0.4, 0.5) is 14.5 Å². The van der Waals surface area contributed by atoms with Gasteiger partial charge in [0.05, 0.1) is 11.1 Å². The second kappa shape index (κ2) is 6.08. The summed E-state index contributed by atoms with van der Waals surface area (Å²) in [6.07, 6.45) is 1.13. The van der Waals surface area contributed by atoms with E-state index in [1.165, 1.54) is 6.07 Å². The molecule has 1 aromatic heterocycles. The number of anilines is 1. The molecule has 0 aliphatic carbocycles. The van der Waals surface area contributed by atoms with Crippen molar-refractivity contribution in [3.63, 3.8) is 0 Å². The van der Waals surface area contributed by atoms with Crippen molar-refractivity contribution < 1.29 is 18.3 Å². The lowest BCUT2D eigenvalue weighted by Crippen LogP contribution is -2.31. The Labute approximate surface area is 136 Å². The van der Waals surface area contributed by atoms with Crippen molar-refractivity contribution >= 4 is 11.5 Å². The summed E-state index contributed by atoms with van der Waals surface area (Å²) in [7, 11) is 0. The van der Waals surface area contributed by atoms with E-state index in [-0.39, 0.29) is 22.5 Å². The Kier molecular flexibility index (Phi) is 3.95. The highest BCUT2D eigenvalue weighted by atomic mass is 19.1. The third kappa shape index (κ3) is 2.69. The Bertz CT molecular complexity index is 928. The number of halogens is 2. The van der Waals surface area contributed by atoms with Gasteiger partial charge in [-0.05, 0) is 24.3 Å². The minimum atomic E-state index is -0.987. The van der Waals surface area contributed by atoms with Gasteiger partial charge in [0.25, 0.3) is 0 Å². The molecule has 0 amide bonds. The summed E-state index contributed by atoms with van der Waals surface area (Å²) in [6, 6.07) is 12.5. The average Bonchev–Trinajstić information content (AvgIpc) is 2.55. The van der Waals surface area contributed by atoms with Crippen molar-refractivity contribution in [2.24, 2.45) is 0 Å². The van der Waals surface area contributed by atoms with Crippen LogP contribution in [0.25, 0.3) is 11.3 Å². The highest BCUT2D eigenvalue weighted by Gasteiger charge is 2.23. The zero-order chi connectivity index (χ0) is 17.3. The summed E-state index contributed by atoms with van der Waals surface area (Å²) in [5.41, 5.74) is 6.23. The van der Waals surface area contributed by atoms with Crippen LogP contribution < -0.4 is 10.5 Å².